The third-order valence-electron chi connectivity index (χ3n) is 5.88. The van der Waals surface area contributed by atoms with Crippen LogP contribution in [-0.4, -0.2) is 24.8 Å². The van der Waals surface area contributed by atoms with Crippen molar-refractivity contribution in [2.45, 2.75) is 109 Å². The van der Waals surface area contributed by atoms with Crippen LogP contribution in [0.25, 0.3) is 0 Å². The molecule has 1 aromatic rings. The van der Waals surface area contributed by atoms with Gasteiger partial charge in [-0.15, -0.1) is 0 Å². The number of ether oxygens (including phenoxy) is 2. The lowest BCUT2D eigenvalue weighted by Gasteiger charge is -2.17. The second kappa shape index (κ2) is 17.2. The molecule has 0 radical (unpaired) electrons. The first-order valence-corrected chi connectivity index (χ1v) is 12.7. The quantitative estimate of drug-likeness (QED) is 0.154. The van der Waals surface area contributed by atoms with E-state index in [1.54, 1.807) is 24.3 Å². The number of carbonyl (C=O) groups is 2. The Kier molecular flexibility index (Phi) is 14.1. The van der Waals surface area contributed by atoms with Gasteiger partial charge in [-0.05, 0) is 56.4 Å². The monoisotopic (exact) mass is 464 g/mol. The number of hydrogen-bond acceptors (Lipinski definition) is 7. The van der Waals surface area contributed by atoms with Crippen molar-refractivity contribution in [2.24, 2.45) is 0 Å². The van der Waals surface area contributed by atoms with Gasteiger partial charge in [-0.3, -0.25) is 4.89 Å². The van der Waals surface area contributed by atoms with Crippen molar-refractivity contribution < 1.29 is 33.9 Å². The highest BCUT2D eigenvalue weighted by molar-refractivity contribution is 5.89. The maximum atomic E-state index is 12.1. The zero-order valence-electron chi connectivity index (χ0n) is 20.1. The Morgan fingerprint density at radius 2 is 1.39 bits per heavy atom. The van der Waals surface area contributed by atoms with Crippen molar-refractivity contribution in [3.8, 4) is 5.75 Å². The highest BCUT2D eigenvalue weighted by atomic mass is 17.5. The molecule has 1 aliphatic carbocycles. The van der Waals surface area contributed by atoms with E-state index in [0.717, 1.165) is 51.4 Å². The van der Waals surface area contributed by atoms with E-state index in [1.165, 1.54) is 44.9 Å². The normalized spacial score (nSPS) is 16.2. The fraction of sp³-hybridized carbons (Fsp3) is 0.692. The minimum absolute atomic E-state index is 0.203. The van der Waals surface area contributed by atoms with Crippen molar-refractivity contribution in [2.75, 3.05) is 6.61 Å². The van der Waals surface area contributed by atoms with Crippen molar-refractivity contribution in [3.05, 3.63) is 29.8 Å². The van der Waals surface area contributed by atoms with Crippen LogP contribution in [0.1, 0.15) is 114 Å². The number of carbonyl (C=O) groups excluding carboxylic acids is 2. The highest BCUT2D eigenvalue weighted by Crippen LogP contribution is 2.19. The fourth-order valence-electron chi connectivity index (χ4n) is 3.93. The van der Waals surface area contributed by atoms with E-state index in [4.69, 9.17) is 9.47 Å². The number of unbranched alkanes of at least 4 members (excludes halogenated alkanes) is 3. The molecule has 0 atom stereocenters. The van der Waals surface area contributed by atoms with Gasteiger partial charge in [-0.25, -0.2) is 14.5 Å². The first-order chi connectivity index (χ1) is 16.2. The summed E-state index contributed by atoms with van der Waals surface area (Å²) in [5.74, 6) is -0.0934. The maximum absolute atomic E-state index is 12.1. The Morgan fingerprint density at radius 1 is 0.788 bits per heavy atom. The van der Waals surface area contributed by atoms with Gasteiger partial charge in [0, 0.05) is 0 Å². The third-order valence-corrected chi connectivity index (χ3v) is 5.88. The van der Waals surface area contributed by atoms with Crippen LogP contribution in [0.4, 0.5) is 4.79 Å². The van der Waals surface area contributed by atoms with Gasteiger partial charge in [-0.1, -0.05) is 71.1 Å². The predicted octanol–water partition coefficient (Wildman–Crippen LogP) is 7.48. The summed E-state index contributed by atoms with van der Waals surface area (Å²) < 4.78 is 11.0. The number of benzene rings is 1. The Bertz CT molecular complexity index is 647. The molecule has 0 heterocycles. The van der Waals surface area contributed by atoms with Gasteiger partial charge in [0.1, 0.15) is 11.9 Å². The molecule has 186 valence electrons. The SMILES string of the molecule is CCCCCCOc1ccc(C(=O)OOOC(=O)OC2CCCCCCCCCCC2)cc1. The third kappa shape index (κ3) is 12.5. The largest absolute Gasteiger partial charge is 0.543 e. The minimum Gasteiger partial charge on any atom is -0.494 e. The summed E-state index contributed by atoms with van der Waals surface area (Å²) in [5.41, 5.74) is 0.254. The zero-order chi connectivity index (χ0) is 23.6. The summed E-state index contributed by atoms with van der Waals surface area (Å²) in [7, 11) is 0. The molecule has 2 rings (SSSR count). The standard InChI is InChI=1S/C26H40O7/c1-2-3-4-14-21-29-23-19-17-22(18-20-23)25(27)31-33-32-26(28)30-24-15-12-10-8-6-5-7-9-11-13-16-24/h17-20,24H,2-16,21H2,1H3. The Balaban J connectivity index is 1.65. The molecule has 0 aromatic heterocycles. The van der Waals surface area contributed by atoms with Crippen LogP contribution in [-0.2, 0) is 19.6 Å². The molecule has 0 bridgehead atoms. The van der Waals surface area contributed by atoms with Gasteiger partial charge in [-0.2, -0.15) is 0 Å². The summed E-state index contributed by atoms with van der Waals surface area (Å²) in [6.07, 6.45) is 15.6. The van der Waals surface area contributed by atoms with Gasteiger partial charge in [0.15, 0.2) is 0 Å². The molecule has 0 spiro atoms. The molecule has 0 saturated heterocycles. The van der Waals surface area contributed by atoms with Gasteiger partial charge < -0.3 is 9.47 Å². The lowest BCUT2D eigenvalue weighted by atomic mass is 9.99. The van der Waals surface area contributed by atoms with E-state index >= 15 is 0 Å². The van der Waals surface area contributed by atoms with Crippen LogP contribution in [0.5, 0.6) is 5.75 Å². The van der Waals surface area contributed by atoms with Gasteiger partial charge in [0.05, 0.1) is 17.2 Å². The van der Waals surface area contributed by atoms with Crippen LogP contribution < -0.4 is 4.74 Å². The van der Waals surface area contributed by atoms with Crippen molar-refractivity contribution in [1.29, 1.82) is 0 Å². The maximum Gasteiger partial charge on any atom is 0.543 e. The van der Waals surface area contributed by atoms with E-state index in [1.807, 2.05) is 0 Å². The van der Waals surface area contributed by atoms with Crippen LogP contribution in [0.2, 0.25) is 0 Å². The molecule has 0 amide bonds. The van der Waals surface area contributed by atoms with Crippen molar-refractivity contribution in [1.82, 2.24) is 0 Å². The van der Waals surface area contributed by atoms with Gasteiger partial charge in [0.25, 0.3) is 0 Å². The summed E-state index contributed by atoms with van der Waals surface area (Å²) >= 11 is 0. The molecule has 33 heavy (non-hydrogen) atoms. The first kappa shape index (κ1) is 27.0. The molecule has 1 fully saturated rings. The minimum atomic E-state index is -0.994. The average molecular weight is 465 g/mol. The van der Waals surface area contributed by atoms with E-state index in [2.05, 4.69) is 21.7 Å². The smallest absolute Gasteiger partial charge is 0.494 e. The Morgan fingerprint density at radius 3 is 2.00 bits per heavy atom. The van der Waals surface area contributed by atoms with Crippen molar-refractivity contribution in [3.63, 3.8) is 0 Å². The molecule has 7 heteroatoms. The lowest BCUT2D eigenvalue weighted by Crippen LogP contribution is -2.20. The van der Waals surface area contributed by atoms with Crippen LogP contribution in [0, 0.1) is 0 Å². The van der Waals surface area contributed by atoms with Crippen LogP contribution in [0.15, 0.2) is 24.3 Å². The van der Waals surface area contributed by atoms with Crippen LogP contribution >= 0.6 is 0 Å². The Labute approximate surface area is 197 Å². The summed E-state index contributed by atoms with van der Waals surface area (Å²) in [6.45, 7) is 2.81. The predicted molar refractivity (Wildman–Crippen MR) is 125 cm³/mol. The summed E-state index contributed by atoms with van der Waals surface area (Å²) in [6, 6.07) is 6.51. The lowest BCUT2D eigenvalue weighted by molar-refractivity contribution is -0.453. The second-order valence-electron chi connectivity index (χ2n) is 8.70. The molecule has 0 N–H and O–H groups in total. The van der Waals surface area contributed by atoms with E-state index in [-0.39, 0.29) is 11.7 Å². The zero-order valence-corrected chi connectivity index (χ0v) is 20.1. The van der Waals surface area contributed by atoms with E-state index < -0.39 is 12.1 Å². The van der Waals surface area contributed by atoms with Gasteiger partial charge >= 0.3 is 12.1 Å². The van der Waals surface area contributed by atoms with Crippen molar-refractivity contribution >= 4 is 12.1 Å². The fourth-order valence-corrected chi connectivity index (χ4v) is 3.93. The molecule has 0 unspecified atom stereocenters. The van der Waals surface area contributed by atoms with E-state index in [9.17, 15) is 9.59 Å². The molecular weight excluding hydrogens is 424 g/mol. The average Bonchev–Trinajstić information content (AvgIpc) is 2.81. The molecule has 1 saturated carbocycles. The molecule has 1 aromatic carbocycles. The summed E-state index contributed by atoms with van der Waals surface area (Å²) in [5, 5.41) is 4.37. The topological polar surface area (TPSA) is 80.3 Å². The van der Waals surface area contributed by atoms with Crippen LogP contribution in [0.3, 0.4) is 0 Å². The second-order valence-corrected chi connectivity index (χ2v) is 8.70. The number of hydrogen-bond donors (Lipinski definition) is 0. The molecular formula is C26H40O7. The molecule has 7 nitrogen and oxygen atoms in total. The highest BCUT2D eigenvalue weighted by Gasteiger charge is 2.18. The number of rotatable bonds is 10. The molecule has 0 aliphatic heterocycles. The first-order valence-electron chi connectivity index (χ1n) is 12.7. The van der Waals surface area contributed by atoms with E-state index in [0.29, 0.717) is 12.4 Å². The molecule has 1 aliphatic rings. The summed E-state index contributed by atoms with van der Waals surface area (Å²) in [4.78, 5) is 33.0. The van der Waals surface area contributed by atoms with Gasteiger partial charge in [0.2, 0.25) is 0 Å². The Hall–Kier alpha value is -2.28.